The summed E-state index contributed by atoms with van der Waals surface area (Å²) in [5.74, 6) is 0.328. The van der Waals surface area contributed by atoms with Gasteiger partial charge in [-0.1, -0.05) is 12.5 Å². The summed E-state index contributed by atoms with van der Waals surface area (Å²) in [5.41, 5.74) is 3.65. The van der Waals surface area contributed by atoms with Crippen LogP contribution in [0, 0.1) is 28.6 Å². The van der Waals surface area contributed by atoms with Crippen molar-refractivity contribution in [3.05, 3.63) is 22.3 Å². The zero-order valence-electron chi connectivity index (χ0n) is 8.18. The van der Waals surface area contributed by atoms with Gasteiger partial charge in [0.2, 0.25) is 0 Å². The molecule has 0 saturated carbocycles. The first-order valence-electron chi connectivity index (χ1n) is 4.33. The fourth-order valence-corrected chi connectivity index (χ4v) is 1.89. The van der Waals surface area contributed by atoms with Crippen LogP contribution in [0.25, 0.3) is 0 Å². The summed E-state index contributed by atoms with van der Waals surface area (Å²) >= 11 is 0. The highest BCUT2D eigenvalue weighted by Crippen LogP contribution is 2.37. The first kappa shape index (κ1) is 9.55. The molecule has 1 atom stereocenters. The summed E-state index contributed by atoms with van der Waals surface area (Å²) in [5, 5.41) is 17.5. The molecule has 1 aliphatic rings. The van der Waals surface area contributed by atoms with E-state index in [1.807, 2.05) is 19.1 Å². The van der Waals surface area contributed by atoms with Crippen molar-refractivity contribution in [2.45, 2.75) is 27.2 Å². The van der Waals surface area contributed by atoms with Gasteiger partial charge in [0.1, 0.15) is 17.7 Å². The standard InChI is InChI=1S/C11H12N2/c1-7-4-8(2)11(9(7)3)10(5-12)6-13/h8H,4H2,1-3H3/t8-/m1/s1. The molecule has 0 radical (unpaired) electrons. The maximum Gasteiger partial charge on any atom is 0.133 e. The first-order valence-corrected chi connectivity index (χ1v) is 4.33. The van der Waals surface area contributed by atoms with Gasteiger partial charge in [-0.3, -0.25) is 0 Å². The van der Waals surface area contributed by atoms with E-state index >= 15 is 0 Å². The van der Waals surface area contributed by atoms with Gasteiger partial charge >= 0.3 is 0 Å². The Hall–Kier alpha value is -1.54. The van der Waals surface area contributed by atoms with Crippen molar-refractivity contribution in [2.75, 3.05) is 0 Å². The van der Waals surface area contributed by atoms with Gasteiger partial charge < -0.3 is 0 Å². The third-order valence-electron chi connectivity index (χ3n) is 2.64. The average Bonchev–Trinajstić information content (AvgIpc) is 2.34. The van der Waals surface area contributed by atoms with Crippen LogP contribution in [0.5, 0.6) is 0 Å². The normalized spacial score (nSPS) is 21.3. The number of hydrogen-bond donors (Lipinski definition) is 0. The second kappa shape index (κ2) is 3.46. The van der Waals surface area contributed by atoms with E-state index in [2.05, 4.69) is 13.8 Å². The maximum atomic E-state index is 8.76. The summed E-state index contributed by atoms with van der Waals surface area (Å²) in [6, 6.07) is 3.92. The average molecular weight is 172 g/mol. The molecule has 0 aliphatic heterocycles. The Bertz CT molecular complexity index is 356. The van der Waals surface area contributed by atoms with Crippen molar-refractivity contribution in [1.29, 1.82) is 10.5 Å². The Morgan fingerprint density at radius 2 is 1.85 bits per heavy atom. The van der Waals surface area contributed by atoms with Gasteiger partial charge in [0.05, 0.1) is 0 Å². The molecule has 0 amide bonds. The zero-order chi connectivity index (χ0) is 10.0. The van der Waals surface area contributed by atoms with E-state index in [-0.39, 0.29) is 5.57 Å². The zero-order valence-corrected chi connectivity index (χ0v) is 8.18. The molecule has 66 valence electrons. The van der Waals surface area contributed by atoms with Crippen LogP contribution < -0.4 is 0 Å². The predicted octanol–water partition coefficient (Wildman–Crippen LogP) is 2.71. The highest BCUT2D eigenvalue weighted by Gasteiger charge is 2.24. The number of allylic oxidation sites excluding steroid dienone is 4. The third-order valence-corrected chi connectivity index (χ3v) is 2.64. The number of nitrogens with zero attached hydrogens (tertiary/aromatic N) is 2. The van der Waals surface area contributed by atoms with Gasteiger partial charge in [0.25, 0.3) is 0 Å². The quantitative estimate of drug-likeness (QED) is 0.527. The van der Waals surface area contributed by atoms with E-state index in [1.54, 1.807) is 0 Å². The molecule has 2 nitrogen and oxygen atoms in total. The molecule has 0 aromatic rings. The highest BCUT2D eigenvalue weighted by molar-refractivity contribution is 5.53. The summed E-state index contributed by atoms with van der Waals surface area (Å²) in [6.07, 6.45) is 0.980. The molecule has 13 heavy (non-hydrogen) atoms. The smallest absolute Gasteiger partial charge is 0.133 e. The van der Waals surface area contributed by atoms with E-state index in [9.17, 15) is 0 Å². The molecule has 0 heterocycles. The lowest BCUT2D eigenvalue weighted by Gasteiger charge is -2.05. The van der Waals surface area contributed by atoms with Crippen LogP contribution in [-0.2, 0) is 0 Å². The van der Waals surface area contributed by atoms with Gasteiger partial charge in [-0.15, -0.1) is 0 Å². The third kappa shape index (κ3) is 1.48. The van der Waals surface area contributed by atoms with Crippen LogP contribution in [0.1, 0.15) is 27.2 Å². The van der Waals surface area contributed by atoms with Crippen LogP contribution in [0.4, 0.5) is 0 Å². The molecule has 0 aromatic heterocycles. The second-order valence-electron chi connectivity index (χ2n) is 3.52. The van der Waals surface area contributed by atoms with Crippen molar-refractivity contribution < 1.29 is 0 Å². The Morgan fingerprint density at radius 3 is 2.15 bits per heavy atom. The van der Waals surface area contributed by atoms with Gasteiger partial charge in [-0.25, -0.2) is 0 Å². The van der Waals surface area contributed by atoms with Crippen LogP contribution in [0.15, 0.2) is 22.3 Å². The molecule has 0 unspecified atom stereocenters. The molecular weight excluding hydrogens is 160 g/mol. The van der Waals surface area contributed by atoms with Crippen molar-refractivity contribution in [3.8, 4) is 12.1 Å². The second-order valence-corrected chi connectivity index (χ2v) is 3.52. The topological polar surface area (TPSA) is 47.6 Å². The van der Waals surface area contributed by atoms with Gasteiger partial charge in [0.15, 0.2) is 0 Å². The molecule has 0 fully saturated rings. The van der Waals surface area contributed by atoms with Gasteiger partial charge in [-0.05, 0) is 37.3 Å². The molecule has 1 aliphatic carbocycles. The summed E-state index contributed by atoms with van der Waals surface area (Å²) in [6.45, 7) is 6.11. The Balaban J connectivity index is 3.29. The molecule has 0 spiro atoms. The van der Waals surface area contributed by atoms with Gasteiger partial charge in [-0.2, -0.15) is 10.5 Å². The van der Waals surface area contributed by atoms with E-state index < -0.39 is 0 Å². The Morgan fingerprint density at radius 1 is 1.31 bits per heavy atom. The summed E-state index contributed by atoms with van der Waals surface area (Å²) < 4.78 is 0. The molecule has 0 bridgehead atoms. The van der Waals surface area contributed by atoms with E-state index in [0.29, 0.717) is 5.92 Å². The first-order chi connectivity index (χ1) is 6.11. The predicted molar refractivity (Wildman–Crippen MR) is 50.4 cm³/mol. The van der Waals surface area contributed by atoms with Crippen LogP contribution >= 0.6 is 0 Å². The highest BCUT2D eigenvalue weighted by atomic mass is 14.3. The monoisotopic (exact) mass is 172 g/mol. The van der Waals surface area contributed by atoms with Crippen molar-refractivity contribution in [1.82, 2.24) is 0 Å². The number of rotatable bonds is 0. The minimum Gasteiger partial charge on any atom is -0.192 e. The Labute approximate surface area is 78.8 Å². The minimum absolute atomic E-state index is 0.279. The minimum atomic E-state index is 0.279. The summed E-state index contributed by atoms with van der Waals surface area (Å²) in [4.78, 5) is 0. The number of nitriles is 2. The molecule has 0 aromatic carbocycles. The Kier molecular flexibility index (Phi) is 2.54. The fraction of sp³-hybridized carbons (Fsp3) is 0.455. The van der Waals surface area contributed by atoms with Crippen molar-refractivity contribution >= 4 is 0 Å². The van der Waals surface area contributed by atoms with Crippen LogP contribution in [0.3, 0.4) is 0 Å². The molecular formula is C11H12N2. The maximum absolute atomic E-state index is 8.76. The van der Waals surface area contributed by atoms with Gasteiger partial charge in [0, 0.05) is 0 Å². The lowest BCUT2D eigenvalue weighted by molar-refractivity contribution is 0.719. The van der Waals surface area contributed by atoms with E-state index in [0.717, 1.165) is 17.6 Å². The molecule has 1 rings (SSSR count). The lowest BCUT2D eigenvalue weighted by Crippen LogP contribution is -1.96. The summed E-state index contributed by atoms with van der Waals surface area (Å²) in [7, 11) is 0. The number of hydrogen-bond acceptors (Lipinski definition) is 2. The largest absolute Gasteiger partial charge is 0.192 e. The molecule has 0 N–H and O–H groups in total. The van der Waals surface area contributed by atoms with Crippen molar-refractivity contribution in [2.24, 2.45) is 5.92 Å². The lowest BCUT2D eigenvalue weighted by atomic mass is 9.96. The van der Waals surface area contributed by atoms with Crippen LogP contribution in [0.2, 0.25) is 0 Å². The van der Waals surface area contributed by atoms with Crippen LogP contribution in [-0.4, -0.2) is 0 Å². The van der Waals surface area contributed by atoms with E-state index in [1.165, 1.54) is 5.57 Å². The molecule has 2 heteroatoms. The van der Waals surface area contributed by atoms with Crippen molar-refractivity contribution in [3.63, 3.8) is 0 Å². The van der Waals surface area contributed by atoms with E-state index in [4.69, 9.17) is 10.5 Å². The molecule has 0 saturated heterocycles. The SMILES string of the molecule is CC1=C(C)C(=C(C#N)C#N)[C@H](C)C1. The fourth-order valence-electron chi connectivity index (χ4n) is 1.89.